The molecule has 0 nitrogen and oxygen atoms in total. The molecule has 0 atom stereocenters. The number of benzene rings is 1. The maximum absolute atomic E-state index is 2.46. The standard InChI is InChI=1S/C26H40/c1-20-7-13-24(14-8-20)26-17-11-22(12-18-26)19-21-9-15-25(16-10-21)23-5-3-2-4-6-23/h2-6,20-22,24-26H,7-19H2,1H3. The van der Waals surface area contributed by atoms with Crippen molar-refractivity contribution in [2.45, 2.75) is 96.3 Å². The van der Waals surface area contributed by atoms with Gasteiger partial charge in [-0.2, -0.15) is 0 Å². The van der Waals surface area contributed by atoms with Gasteiger partial charge in [-0.1, -0.05) is 62.9 Å². The van der Waals surface area contributed by atoms with Gasteiger partial charge in [-0.25, -0.2) is 0 Å². The Labute approximate surface area is 162 Å². The first kappa shape index (κ1) is 18.6. The van der Waals surface area contributed by atoms with Crippen molar-refractivity contribution in [3.63, 3.8) is 0 Å². The summed E-state index contributed by atoms with van der Waals surface area (Å²) >= 11 is 0. The van der Waals surface area contributed by atoms with Crippen molar-refractivity contribution in [2.75, 3.05) is 0 Å². The van der Waals surface area contributed by atoms with E-state index >= 15 is 0 Å². The van der Waals surface area contributed by atoms with Gasteiger partial charge in [0.25, 0.3) is 0 Å². The van der Waals surface area contributed by atoms with Crippen molar-refractivity contribution in [3.05, 3.63) is 35.9 Å². The Bertz CT molecular complexity index is 508. The molecule has 3 aliphatic rings. The molecular weight excluding hydrogens is 312 g/mol. The average molecular weight is 353 g/mol. The molecule has 4 rings (SSSR count). The summed E-state index contributed by atoms with van der Waals surface area (Å²) < 4.78 is 0. The Balaban J connectivity index is 1.17. The second kappa shape index (κ2) is 8.94. The number of hydrogen-bond acceptors (Lipinski definition) is 0. The van der Waals surface area contributed by atoms with Crippen LogP contribution in [-0.2, 0) is 0 Å². The van der Waals surface area contributed by atoms with E-state index in [0.717, 1.165) is 35.5 Å². The second-order valence-corrected chi connectivity index (χ2v) is 10.2. The lowest BCUT2D eigenvalue weighted by atomic mass is 9.67. The molecular formula is C26H40. The fourth-order valence-electron chi connectivity index (χ4n) is 6.58. The molecule has 0 aromatic heterocycles. The minimum absolute atomic E-state index is 0.844. The summed E-state index contributed by atoms with van der Waals surface area (Å²) in [5, 5.41) is 0. The molecule has 0 radical (unpaired) electrons. The first-order valence-corrected chi connectivity index (χ1v) is 11.8. The topological polar surface area (TPSA) is 0 Å². The zero-order valence-electron chi connectivity index (χ0n) is 17.0. The van der Waals surface area contributed by atoms with E-state index in [9.17, 15) is 0 Å². The first-order valence-electron chi connectivity index (χ1n) is 11.8. The minimum Gasteiger partial charge on any atom is -0.0625 e. The van der Waals surface area contributed by atoms with Crippen molar-refractivity contribution in [2.24, 2.45) is 29.6 Å². The van der Waals surface area contributed by atoms with Gasteiger partial charge in [0.2, 0.25) is 0 Å². The molecule has 0 unspecified atom stereocenters. The summed E-state index contributed by atoms with van der Waals surface area (Å²) in [6.07, 6.45) is 19.7. The van der Waals surface area contributed by atoms with Crippen molar-refractivity contribution in [1.82, 2.24) is 0 Å². The van der Waals surface area contributed by atoms with E-state index in [1.807, 2.05) is 0 Å². The minimum atomic E-state index is 0.844. The SMILES string of the molecule is CC1CCC(C2CCC(CC3CCC(c4ccccc4)CC3)CC2)CC1. The summed E-state index contributed by atoms with van der Waals surface area (Å²) in [6, 6.07) is 11.3. The molecule has 0 amide bonds. The number of hydrogen-bond donors (Lipinski definition) is 0. The van der Waals surface area contributed by atoms with Crippen LogP contribution in [0.3, 0.4) is 0 Å². The Hall–Kier alpha value is -0.780. The van der Waals surface area contributed by atoms with E-state index in [4.69, 9.17) is 0 Å². The lowest BCUT2D eigenvalue weighted by Gasteiger charge is -2.38. The van der Waals surface area contributed by atoms with Gasteiger partial charge in [-0.05, 0) is 98.9 Å². The van der Waals surface area contributed by atoms with Gasteiger partial charge < -0.3 is 0 Å². The van der Waals surface area contributed by atoms with Gasteiger partial charge in [0.05, 0.1) is 0 Å². The largest absolute Gasteiger partial charge is 0.0625 e. The van der Waals surface area contributed by atoms with Crippen molar-refractivity contribution in [3.8, 4) is 0 Å². The maximum Gasteiger partial charge on any atom is -0.0162 e. The van der Waals surface area contributed by atoms with Crippen LogP contribution in [0.5, 0.6) is 0 Å². The summed E-state index contributed by atoms with van der Waals surface area (Å²) in [4.78, 5) is 0. The molecule has 3 fully saturated rings. The number of rotatable bonds is 4. The molecule has 3 aliphatic carbocycles. The molecule has 0 spiro atoms. The first-order chi connectivity index (χ1) is 12.8. The molecule has 3 saturated carbocycles. The normalized spacial score (nSPS) is 38.8. The van der Waals surface area contributed by atoms with Crippen LogP contribution in [0, 0.1) is 29.6 Å². The molecule has 144 valence electrons. The van der Waals surface area contributed by atoms with E-state index in [1.165, 1.54) is 38.5 Å². The third kappa shape index (κ3) is 4.73. The van der Waals surface area contributed by atoms with E-state index in [0.29, 0.717) is 0 Å². The van der Waals surface area contributed by atoms with E-state index in [-0.39, 0.29) is 0 Å². The Morgan fingerprint density at radius 2 is 1.12 bits per heavy atom. The smallest absolute Gasteiger partial charge is 0.0162 e. The lowest BCUT2D eigenvalue weighted by molar-refractivity contribution is 0.135. The molecule has 26 heavy (non-hydrogen) atoms. The Morgan fingerprint density at radius 1 is 0.615 bits per heavy atom. The van der Waals surface area contributed by atoms with E-state index < -0.39 is 0 Å². The quantitative estimate of drug-likeness (QED) is 0.515. The summed E-state index contributed by atoms with van der Waals surface area (Å²) in [6.45, 7) is 2.46. The van der Waals surface area contributed by atoms with E-state index in [2.05, 4.69) is 37.3 Å². The van der Waals surface area contributed by atoms with Crippen LogP contribution >= 0.6 is 0 Å². The van der Waals surface area contributed by atoms with Gasteiger partial charge in [-0.3, -0.25) is 0 Å². The van der Waals surface area contributed by atoms with Crippen LogP contribution in [-0.4, -0.2) is 0 Å². The summed E-state index contributed by atoms with van der Waals surface area (Å²) in [5.41, 5.74) is 1.59. The molecule has 0 saturated heterocycles. The second-order valence-electron chi connectivity index (χ2n) is 10.2. The third-order valence-electron chi connectivity index (χ3n) is 8.40. The summed E-state index contributed by atoms with van der Waals surface area (Å²) in [5.74, 6) is 6.13. The highest BCUT2D eigenvalue weighted by molar-refractivity contribution is 5.19. The van der Waals surface area contributed by atoms with Crippen LogP contribution in [0.15, 0.2) is 30.3 Å². The fraction of sp³-hybridized carbons (Fsp3) is 0.769. The predicted octanol–water partition coefficient (Wildman–Crippen LogP) is 7.98. The Morgan fingerprint density at radius 3 is 1.69 bits per heavy atom. The maximum atomic E-state index is 2.46. The van der Waals surface area contributed by atoms with Gasteiger partial charge >= 0.3 is 0 Å². The molecule has 0 bridgehead atoms. The average Bonchev–Trinajstić information content (AvgIpc) is 2.71. The lowest BCUT2D eigenvalue weighted by Crippen LogP contribution is -2.26. The predicted molar refractivity (Wildman–Crippen MR) is 112 cm³/mol. The fourth-order valence-corrected chi connectivity index (χ4v) is 6.58. The van der Waals surface area contributed by atoms with Crippen LogP contribution in [0.2, 0.25) is 0 Å². The third-order valence-corrected chi connectivity index (χ3v) is 8.40. The highest BCUT2D eigenvalue weighted by Crippen LogP contribution is 2.44. The highest BCUT2D eigenvalue weighted by Gasteiger charge is 2.31. The molecule has 0 aliphatic heterocycles. The van der Waals surface area contributed by atoms with E-state index in [1.54, 1.807) is 50.5 Å². The van der Waals surface area contributed by atoms with Gasteiger partial charge in [0.15, 0.2) is 0 Å². The monoisotopic (exact) mass is 352 g/mol. The summed E-state index contributed by atoms with van der Waals surface area (Å²) in [7, 11) is 0. The van der Waals surface area contributed by atoms with Crippen LogP contribution in [0.25, 0.3) is 0 Å². The molecule has 1 aromatic carbocycles. The molecule has 0 heteroatoms. The van der Waals surface area contributed by atoms with Gasteiger partial charge in [-0.15, -0.1) is 0 Å². The van der Waals surface area contributed by atoms with Crippen LogP contribution < -0.4 is 0 Å². The Kier molecular flexibility index (Phi) is 6.39. The van der Waals surface area contributed by atoms with Gasteiger partial charge in [0.1, 0.15) is 0 Å². The van der Waals surface area contributed by atoms with Crippen molar-refractivity contribution >= 4 is 0 Å². The molecule has 0 heterocycles. The molecule has 1 aromatic rings. The van der Waals surface area contributed by atoms with Crippen LogP contribution in [0.1, 0.15) is 102 Å². The van der Waals surface area contributed by atoms with Crippen molar-refractivity contribution in [1.29, 1.82) is 0 Å². The molecule has 0 N–H and O–H groups in total. The highest BCUT2D eigenvalue weighted by atomic mass is 14.4. The van der Waals surface area contributed by atoms with Crippen molar-refractivity contribution < 1.29 is 0 Å². The zero-order valence-corrected chi connectivity index (χ0v) is 17.0. The van der Waals surface area contributed by atoms with Crippen LogP contribution in [0.4, 0.5) is 0 Å². The van der Waals surface area contributed by atoms with Gasteiger partial charge in [0, 0.05) is 0 Å². The zero-order chi connectivity index (χ0) is 17.8.